The van der Waals surface area contributed by atoms with E-state index in [2.05, 4.69) is 36.5 Å². The van der Waals surface area contributed by atoms with Crippen LogP contribution >= 0.6 is 11.8 Å². The van der Waals surface area contributed by atoms with Crippen LogP contribution in [0, 0.1) is 6.92 Å². The number of carbonyl (C=O) groups is 1. The van der Waals surface area contributed by atoms with Gasteiger partial charge in [-0.1, -0.05) is 29.8 Å². The molecule has 6 nitrogen and oxygen atoms in total. The first kappa shape index (κ1) is 24.1. The molecule has 0 radical (unpaired) electrons. The molecule has 0 saturated carbocycles. The Bertz CT molecular complexity index is 915. The number of thioether (sulfide) groups is 1. The highest BCUT2D eigenvalue weighted by Crippen LogP contribution is 2.21. The van der Waals surface area contributed by atoms with Gasteiger partial charge in [0.1, 0.15) is 12.3 Å². The molecule has 0 unspecified atom stereocenters. The zero-order chi connectivity index (χ0) is 22.0. The number of hydrogen-bond donors (Lipinski definition) is 1. The molecule has 0 atom stereocenters. The van der Waals surface area contributed by atoms with Gasteiger partial charge in [-0.05, 0) is 55.9 Å². The van der Waals surface area contributed by atoms with Crippen molar-refractivity contribution in [2.45, 2.75) is 26.0 Å². The number of benzene rings is 2. The topological polar surface area (TPSA) is 75.7 Å². The van der Waals surface area contributed by atoms with Gasteiger partial charge in [-0.15, -0.1) is 0 Å². The molecule has 0 saturated heterocycles. The maximum Gasteiger partial charge on any atom is 0.240 e. The fraction of sp³-hybridized carbons (Fsp3) is 0.409. The fourth-order valence-electron chi connectivity index (χ4n) is 2.86. The maximum atomic E-state index is 12.3. The molecule has 0 fully saturated rings. The highest BCUT2D eigenvalue weighted by atomic mass is 32.2. The molecule has 0 aliphatic carbocycles. The van der Waals surface area contributed by atoms with Crippen LogP contribution in [0.3, 0.4) is 0 Å². The first-order valence-corrected chi connectivity index (χ1v) is 12.9. The Kier molecular flexibility index (Phi) is 9.52. The van der Waals surface area contributed by atoms with Crippen LogP contribution in [0.15, 0.2) is 48.5 Å². The van der Waals surface area contributed by atoms with Gasteiger partial charge in [0.2, 0.25) is 15.9 Å². The summed E-state index contributed by atoms with van der Waals surface area (Å²) in [6, 6.07) is 15.1. The summed E-state index contributed by atoms with van der Waals surface area (Å²) in [5.74, 6) is 2.19. The first-order chi connectivity index (χ1) is 14.3. The summed E-state index contributed by atoms with van der Waals surface area (Å²) in [6.45, 7) is 4.75. The second-order valence-corrected chi connectivity index (χ2v) is 9.95. The van der Waals surface area contributed by atoms with Gasteiger partial charge in [-0.2, -0.15) is 11.8 Å². The molecule has 30 heavy (non-hydrogen) atoms. The van der Waals surface area contributed by atoms with Gasteiger partial charge < -0.3 is 10.1 Å². The van der Waals surface area contributed by atoms with Crippen LogP contribution in [0.4, 0.5) is 5.69 Å². The van der Waals surface area contributed by atoms with Crippen molar-refractivity contribution in [3.63, 3.8) is 0 Å². The zero-order valence-electron chi connectivity index (χ0n) is 17.8. The summed E-state index contributed by atoms with van der Waals surface area (Å²) in [6.07, 6.45) is 1.92. The number of hydrogen-bond acceptors (Lipinski definition) is 5. The van der Waals surface area contributed by atoms with Crippen molar-refractivity contribution in [3.05, 3.63) is 59.7 Å². The van der Waals surface area contributed by atoms with E-state index in [1.165, 1.54) is 11.1 Å². The molecule has 1 N–H and O–H groups in total. The third-order valence-electron chi connectivity index (χ3n) is 4.26. The molecule has 0 bridgehead atoms. The van der Waals surface area contributed by atoms with E-state index in [4.69, 9.17) is 4.74 Å². The Balaban J connectivity index is 1.77. The van der Waals surface area contributed by atoms with Crippen LogP contribution in [-0.2, 0) is 20.6 Å². The predicted octanol–water partition coefficient (Wildman–Crippen LogP) is 3.60. The largest absolute Gasteiger partial charge is 0.494 e. The van der Waals surface area contributed by atoms with Gasteiger partial charge in [0.15, 0.2) is 0 Å². The summed E-state index contributed by atoms with van der Waals surface area (Å²) in [4.78, 5) is 12.3. The minimum atomic E-state index is -3.58. The van der Waals surface area contributed by atoms with Gasteiger partial charge in [0.25, 0.3) is 0 Å². The molecule has 0 aliphatic heterocycles. The Morgan fingerprint density at radius 3 is 2.53 bits per heavy atom. The molecule has 2 aromatic rings. The number of amides is 1. The minimum absolute atomic E-state index is 0.247. The number of carbonyl (C=O) groups excluding carboxylic acids is 1. The van der Waals surface area contributed by atoms with Crippen molar-refractivity contribution >= 4 is 33.4 Å². The van der Waals surface area contributed by atoms with E-state index in [1.807, 2.05) is 18.7 Å². The number of ether oxygens (including phenoxy) is 1. The highest BCUT2D eigenvalue weighted by molar-refractivity contribution is 7.98. The third-order valence-corrected chi connectivity index (χ3v) is 6.52. The van der Waals surface area contributed by atoms with Crippen molar-refractivity contribution in [1.29, 1.82) is 0 Å². The normalized spacial score (nSPS) is 11.2. The maximum absolute atomic E-state index is 12.3. The van der Waals surface area contributed by atoms with Gasteiger partial charge in [0.05, 0.1) is 18.6 Å². The Hall–Kier alpha value is -2.19. The van der Waals surface area contributed by atoms with Crippen LogP contribution in [0.1, 0.15) is 24.5 Å². The first-order valence-electron chi connectivity index (χ1n) is 9.90. The van der Waals surface area contributed by atoms with Crippen molar-refractivity contribution in [2.75, 3.05) is 36.0 Å². The standard InChI is InChI=1S/C22H30N2O4S2/c1-4-28-21-11-9-20(10-12-21)24(30(3,26)27)16-22(25)23-13-6-14-29-17-19-8-5-7-18(2)15-19/h5,7-12,15H,4,6,13-14,16-17H2,1-3H3,(H,23,25). The van der Waals surface area contributed by atoms with Gasteiger partial charge in [-0.3, -0.25) is 9.10 Å². The lowest BCUT2D eigenvalue weighted by Crippen LogP contribution is -2.40. The molecular formula is C22H30N2O4S2. The molecule has 1 amide bonds. The van der Waals surface area contributed by atoms with E-state index in [1.54, 1.807) is 24.3 Å². The third kappa shape index (κ3) is 8.28. The number of aryl methyl sites for hydroxylation is 1. The number of rotatable bonds is 12. The van der Waals surface area contributed by atoms with Crippen LogP contribution < -0.4 is 14.4 Å². The number of nitrogens with one attached hydrogen (secondary N) is 1. The summed E-state index contributed by atoms with van der Waals surface area (Å²) in [7, 11) is -3.58. The Labute approximate surface area is 184 Å². The molecule has 2 rings (SSSR count). The summed E-state index contributed by atoms with van der Waals surface area (Å²) in [5, 5.41) is 2.81. The number of nitrogens with zero attached hydrogens (tertiary/aromatic N) is 1. The zero-order valence-corrected chi connectivity index (χ0v) is 19.4. The van der Waals surface area contributed by atoms with Crippen LogP contribution in [0.25, 0.3) is 0 Å². The highest BCUT2D eigenvalue weighted by Gasteiger charge is 2.20. The van der Waals surface area contributed by atoms with Gasteiger partial charge >= 0.3 is 0 Å². The molecular weight excluding hydrogens is 420 g/mol. The van der Waals surface area contributed by atoms with E-state index in [0.29, 0.717) is 24.6 Å². The molecule has 164 valence electrons. The Morgan fingerprint density at radius 2 is 1.90 bits per heavy atom. The van der Waals surface area contributed by atoms with Crippen LogP contribution in [-0.4, -0.2) is 46.0 Å². The monoisotopic (exact) mass is 450 g/mol. The molecule has 2 aromatic carbocycles. The lowest BCUT2D eigenvalue weighted by Gasteiger charge is -2.22. The average molecular weight is 451 g/mol. The predicted molar refractivity (Wildman–Crippen MR) is 125 cm³/mol. The number of anilines is 1. The summed E-state index contributed by atoms with van der Waals surface area (Å²) < 4.78 is 30.8. The lowest BCUT2D eigenvalue weighted by molar-refractivity contribution is -0.119. The molecule has 0 aliphatic rings. The van der Waals surface area contributed by atoms with Crippen LogP contribution in [0.5, 0.6) is 5.75 Å². The quantitative estimate of drug-likeness (QED) is 0.500. The SMILES string of the molecule is CCOc1ccc(N(CC(=O)NCCCSCc2cccc(C)c2)S(C)(=O)=O)cc1. The van der Waals surface area contributed by atoms with Crippen molar-refractivity contribution in [2.24, 2.45) is 0 Å². The second kappa shape index (κ2) is 11.9. The van der Waals surface area contributed by atoms with E-state index < -0.39 is 10.0 Å². The molecule has 0 spiro atoms. The smallest absolute Gasteiger partial charge is 0.240 e. The second-order valence-electron chi connectivity index (χ2n) is 6.94. The van der Waals surface area contributed by atoms with E-state index in [0.717, 1.165) is 28.5 Å². The van der Waals surface area contributed by atoms with E-state index in [9.17, 15) is 13.2 Å². The van der Waals surface area contributed by atoms with Crippen LogP contribution in [0.2, 0.25) is 0 Å². The summed E-state index contributed by atoms with van der Waals surface area (Å²) >= 11 is 1.82. The van der Waals surface area contributed by atoms with Crippen molar-refractivity contribution in [1.82, 2.24) is 5.32 Å². The Morgan fingerprint density at radius 1 is 1.17 bits per heavy atom. The molecule has 0 heterocycles. The number of sulfonamides is 1. The summed E-state index contributed by atoms with van der Waals surface area (Å²) in [5.41, 5.74) is 2.98. The lowest BCUT2D eigenvalue weighted by atomic mass is 10.2. The molecule has 0 aromatic heterocycles. The van der Waals surface area contributed by atoms with Crippen molar-refractivity contribution in [3.8, 4) is 5.75 Å². The van der Waals surface area contributed by atoms with Gasteiger partial charge in [-0.25, -0.2) is 8.42 Å². The van der Waals surface area contributed by atoms with E-state index in [-0.39, 0.29) is 12.5 Å². The fourth-order valence-corrected chi connectivity index (χ4v) is 4.62. The molecule has 8 heteroatoms. The van der Waals surface area contributed by atoms with E-state index >= 15 is 0 Å². The van der Waals surface area contributed by atoms with Gasteiger partial charge in [0, 0.05) is 12.3 Å². The van der Waals surface area contributed by atoms with Crippen molar-refractivity contribution < 1.29 is 17.9 Å². The minimum Gasteiger partial charge on any atom is -0.494 e. The average Bonchev–Trinajstić information content (AvgIpc) is 2.69.